The van der Waals surface area contributed by atoms with Crippen molar-refractivity contribution in [2.24, 2.45) is 0 Å². The van der Waals surface area contributed by atoms with Crippen LogP contribution in [0, 0.1) is 0 Å². The highest BCUT2D eigenvalue weighted by Crippen LogP contribution is 2.21. The second kappa shape index (κ2) is 7.81. The molecule has 1 aromatic rings. The fourth-order valence-corrected chi connectivity index (χ4v) is 2.31. The van der Waals surface area contributed by atoms with Gasteiger partial charge in [0, 0.05) is 25.2 Å². The van der Waals surface area contributed by atoms with E-state index >= 15 is 0 Å². The molecular formula is C11H15BrO3S. The summed E-state index contributed by atoms with van der Waals surface area (Å²) in [4.78, 5) is 11.3. The molecule has 0 aliphatic carbocycles. The average Bonchev–Trinajstić information content (AvgIpc) is 2.68. The van der Waals surface area contributed by atoms with Crippen molar-refractivity contribution >= 4 is 33.2 Å². The highest BCUT2D eigenvalue weighted by Gasteiger charge is 2.04. The van der Waals surface area contributed by atoms with Crippen LogP contribution in [-0.2, 0) is 20.9 Å². The molecule has 0 fully saturated rings. The highest BCUT2D eigenvalue weighted by atomic mass is 79.9. The normalized spacial score (nSPS) is 10.4. The van der Waals surface area contributed by atoms with E-state index < -0.39 is 0 Å². The maximum Gasteiger partial charge on any atom is 0.306 e. The van der Waals surface area contributed by atoms with Gasteiger partial charge < -0.3 is 9.47 Å². The van der Waals surface area contributed by atoms with Crippen LogP contribution >= 0.6 is 27.3 Å². The van der Waals surface area contributed by atoms with Gasteiger partial charge in [0.1, 0.15) is 6.61 Å². The predicted octanol–water partition coefficient (Wildman–Crippen LogP) is 3.37. The third kappa shape index (κ3) is 5.63. The number of halogens is 1. The number of hydrogen-bond donors (Lipinski definition) is 0. The van der Waals surface area contributed by atoms with Crippen molar-refractivity contribution in [2.75, 3.05) is 13.2 Å². The Balaban J connectivity index is 2.10. The molecule has 0 atom stereocenters. The first-order chi connectivity index (χ1) is 7.72. The van der Waals surface area contributed by atoms with Crippen LogP contribution in [-0.4, -0.2) is 19.2 Å². The fraction of sp³-hybridized carbons (Fsp3) is 0.545. The Morgan fingerprint density at radius 3 is 3.00 bits per heavy atom. The summed E-state index contributed by atoms with van der Waals surface area (Å²) in [6.07, 6.45) is 1.14. The van der Waals surface area contributed by atoms with E-state index in [1.165, 1.54) is 0 Å². The van der Waals surface area contributed by atoms with E-state index in [9.17, 15) is 4.79 Å². The summed E-state index contributed by atoms with van der Waals surface area (Å²) in [6, 6.07) is 1.96. The topological polar surface area (TPSA) is 35.5 Å². The number of thiophene rings is 1. The minimum atomic E-state index is -0.165. The molecule has 5 heteroatoms. The standard InChI is InChI=1S/C11H15BrO3S/c1-2-14-5-3-4-11(13)15-7-9-6-10(12)16-8-9/h6,8H,2-5,7H2,1H3. The Bertz CT molecular complexity index is 325. The van der Waals surface area contributed by atoms with Gasteiger partial charge in [0.25, 0.3) is 0 Å². The summed E-state index contributed by atoms with van der Waals surface area (Å²) in [5.41, 5.74) is 1.02. The van der Waals surface area contributed by atoms with Crippen molar-refractivity contribution < 1.29 is 14.3 Å². The van der Waals surface area contributed by atoms with Crippen LogP contribution < -0.4 is 0 Å². The second-order valence-corrected chi connectivity index (χ2v) is 5.51. The molecule has 0 saturated heterocycles. The Morgan fingerprint density at radius 2 is 2.38 bits per heavy atom. The molecule has 1 rings (SSSR count). The molecule has 0 saturated carbocycles. The Morgan fingerprint density at radius 1 is 1.56 bits per heavy atom. The molecule has 3 nitrogen and oxygen atoms in total. The molecule has 0 aliphatic heterocycles. The fourth-order valence-electron chi connectivity index (χ4n) is 1.12. The van der Waals surface area contributed by atoms with Crippen molar-refractivity contribution in [2.45, 2.75) is 26.4 Å². The second-order valence-electron chi connectivity index (χ2n) is 3.22. The summed E-state index contributed by atoms with van der Waals surface area (Å²) >= 11 is 4.95. The first kappa shape index (κ1) is 13.7. The van der Waals surface area contributed by atoms with E-state index in [-0.39, 0.29) is 5.97 Å². The largest absolute Gasteiger partial charge is 0.461 e. The van der Waals surface area contributed by atoms with Gasteiger partial charge in [-0.05, 0) is 40.7 Å². The molecule has 0 N–H and O–H groups in total. The van der Waals surface area contributed by atoms with Crippen molar-refractivity contribution in [1.29, 1.82) is 0 Å². The van der Waals surface area contributed by atoms with Crippen molar-refractivity contribution in [3.63, 3.8) is 0 Å². The smallest absolute Gasteiger partial charge is 0.306 e. The van der Waals surface area contributed by atoms with E-state index in [1.54, 1.807) is 11.3 Å². The molecule has 90 valence electrons. The molecule has 0 unspecified atom stereocenters. The van der Waals surface area contributed by atoms with Gasteiger partial charge in [0.15, 0.2) is 0 Å². The van der Waals surface area contributed by atoms with Gasteiger partial charge in [0.05, 0.1) is 3.79 Å². The van der Waals surface area contributed by atoms with Gasteiger partial charge in [-0.25, -0.2) is 0 Å². The summed E-state index contributed by atoms with van der Waals surface area (Å²) in [5, 5.41) is 1.97. The maximum absolute atomic E-state index is 11.3. The number of ether oxygens (including phenoxy) is 2. The Hall–Kier alpha value is -0.390. The number of carbonyl (C=O) groups excluding carboxylic acids is 1. The Labute approximate surface area is 108 Å². The lowest BCUT2D eigenvalue weighted by atomic mass is 10.3. The molecular weight excluding hydrogens is 292 g/mol. The molecule has 0 aromatic carbocycles. The zero-order chi connectivity index (χ0) is 11.8. The summed E-state index contributed by atoms with van der Waals surface area (Å²) in [7, 11) is 0. The SMILES string of the molecule is CCOCCCC(=O)OCc1csc(Br)c1. The predicted molar refractivity (Wildman–Crippen MR) is 67.5 cm³/mol. The van der Waals surface area contributed by atoms with Crippen LogP contribution in [0.2, 0.25) is 0 Å². The first-order valence-corrected chi connectivity index (χ1v) is 6.86. The van der Waals surface area contributed by atoms with Gasteiger partial charge in [-0.3, -0.25) is 4.79 Å². The number of esters is 1. The lowest BCUT2D eigenvalue weighted by Gasteiger charge is -2.03. The molecule has 1 heterocycles. The van der Waals surface area contributed by atoms with E-state index in [2.05, 4.69) is 15.9 Å². The van der Waals surface area contributed by atoms with Crippen LogP contribution in [0.3, 0.4) is 0 Å². The van der Waals surface area contributed by atoms with Crippen LogP contribution in [0.4, 0.5) is 0 Å². The first-order valence-electron chi connectivity index (χ1n) is 5.18. The monoisotopic (exact) mass is 306 g/mol. The van der Waals surface area contributed by atoms with Gasteiger partial charge >= 0.3 is 5.97 Å². The Kier molecular flexibility index (Phi) is 6.68. The molecule has 0 radical (unpaired) electrons. The summed E-state index contributed by atoms with van der Waals surface area (Å²) < 4.78 is 11.3. The zero-order valence-electron chi connectivity index (χ0n) is 9.20. The van der Waals surface area contributed by atoms with Crippen LogP contribution in [0.25, 0.3) is 0 Å². The zero-order valence-corrected chi connectivity index (χ0v) is 11.6. The number of hydrogen-bond acceptors (Lipinski definition) is 4. The van der Waals surface area contributed by atoms with Crippen LogP contribution in [0.15, 0.2) is 15.2 Å². The van der Waals surface area contributed by atoms with E-state index in [0.717, 1.165) is 15.8 Å². The van der Waals surface area contributed by atoms with Crippen LogP contribution in [0.5, 0.6) is 0 Å². The van der Waals surface area contributed by atoms with Crippen molar-refractivity contribution in [3.05, 3.63) is 20.8 Å². The molecule has 0 spiro atoms. The van der Waals surface area contributed by atoms with E-state index in [4.69, 9.17) is 9.47 Å². The average molecular weight is 307 g/mol. The highest BCUT2D eigenvalue weighted by molar-refractivity contribution is 9.11. The molecule has 0 amide bonds. The number of carbonyl (C=O) groups is 1. The van der Waals surface area contributed by atoms with Crippen LogP contribution in [0.1, 0.15) is 25.3 Å². The van der Waals surface area contributed by atoms with E-state index in [1.807, 2.05) is 18.4 Å². The summed E-state index contributed by atoms with van der Waals surface area (Å²) in [5.74, 6) is -0.165. The maximum atomic E-state index is 11.3. The molecule has 0 aliphatic rings. The van der Waals surface area contributed by atoms with Gasteiger partial charge in [-0.15, -0.1) is 11.3 Å². The minimum Gasteiger partial charge on any atom is -0.461 e. The molecule has 0 bridgehead atoms. The third-order valence-electron chi connectivity index (χ3n) is 1.90. The number of rotatable bonds is 7. The molecule has 1 aromatic heterocycles. The lowest BCUT2D eigenvalue weighted by molar-refractivity contribution is -0.145. The lowest BCUT2D eigenvalue weighted by Crippen LogP contribution is -2.05. The minimum absolute atomic E-state index is 0.165. The van der Waals surface area contributed by atoms with Gasteiger partial charge in [-0.2, -0.15) is 0 Å². The van der Waals surface area contributed by atoms with Gasteiger partial charge in [0.2, 0.25) is 0 Å². The van der Waals surface area contributed by atoms with Crippen molar-refractivity contribution in [1.82, 2.24) is 0 Å². The quantitative estimate of drug-likeness (QED) is 0.572. The summed E-state index contributed by atoms with van der Waals surface area (Å²) in [6.45, 7) is 3.61. The third-order valence-corrected chi connectivity index (χ3v) is 3.45. The van der Waals surface area contributed by atoms with Gasteiger partial charge in [-0.1, -0.05) is 0 Å². The van der Waals surface area contributed by atoms with E-state index in [0.29, 0.717) is 26.2 Å². The van der Waals surface area contributed by atoms with Crippen molar-refractivity contribution in [3.8, 4) is 0 Å². The molecule has 16 heavy (non-hydrogen) atoms.